The van der Waals surface area contributed by atoms with Crippen LogP contribution in [0.25, 0.3) is 10.9 Å². The second-order valence-corrected chi connectivity index (χ2v) is 9.55. The average Bonchev–Trinajstić information content (AvgIpc) is 2.84. The summed E-state index contributed by atoms with van der Waals surface area (Å²) < 4.78 is 5.67. The summed E-state index contributed by atoms with van der Waals surface area (Å²) in [6.07, 6.45) is 6.64. The predicted octanol–water partition coefficient (Wildman–Crippen LogP) is 5.07. The first kappa shape index (κ1) is 21.1. The van der Waals surface area contributed by atoms with Crippen LogP contribution in [-0.4, -0.2) is 42.1 Å². The monoisotopic (exact) mass is 428 g/mol. The van der Waals surface area contributed by atoms with Gasteiger partial charge in [-0.05, 0) is 74.3 Å². The third kappa shape index (κ3) is 4.16. The zero-order valence-electron chi connectivity index (χ0n) is 18.9. The van der Waals surface area contributed by atoms with E-state index >= 15 is 0 Å². The van der Waals surface area contributed by atoms with Gasteiger partial charge in [0.15, 0.2) is 0 Å². The SMILES string of the molecule is Cc1ccc(C2(C(=O)N3CCCC(Cc4ccc5ncccc5c4)C3)CCOCC2)cc1. The van der Waals surface area contributed by atoms with Gasteiger partial charge in [-0.25, -0.2) is 0 Å². The van der Waals surface area contributed by atoms with E-state index in [-0.39, 0.29) is 0 Å². The van der Waals surface area contributed by atoms with Crippen LogP contribution in [0.2, 0.25) is 0 Å². The van der Waals surface area contributed by atoms with E-state index in [0.29, 0.717) is 25.0 Å². The smallest absolute Gasteiger partial charge is 0.233 e. The Morgan fingerprint density at radius 3 is 2.75 bits per heavy atom. The quantitative estimate of drug-likeness (QED) is 0.582. The molecule has 1 atom stereocenters. The van der Waals surface area contributed by atoms with Gasteiger partial charge in [0, 0.05) is 37.9 Å². The lowest BCUT2D eigenvalue weighted by Gasteiger charge is -2.43. The van der Waals surface area contributed by atoms with Crippen molar-refractivity contribution in [3.05, 3.63) is 77.5 Å². The number of carbonyl (C=O) groups is 1. The molecule has 2 saturated heterocycles. The van der Waals surface area contributed by atoms with Crippen LogP contribution >= 0.6 is 0 Å². The van der Waals surface area contributed by atoms with Gasteiger partial charge in [0.25, 0.3) is 0 Å². The highest BCUT2D eigenvalue weighted by Gasteiger charge is 2.44. The summed E-state index contributed by atoms with van der Waals surface area (Å²) in [6, 6.07) is 19.3. The normalized spacial score (nSPS) is 20.9. The zero-order chi connectivity index (χ0) is 22.0. The van der Waals surface area contributed by atoms with Crippen molar-refractivity contribution in [1.29, 1.82) is 0 Å². The van der Waals surface area contributed by atoms with Crippen LogP contribution in [0, 0.1) is 12.8 Å². The van der Waals surface area contributed by atoms with Crippen LogP contribution in [-0.2, 0) is 21.4 Å². The third-order valence-corrected chi connectivity index (χ3v) is 7.36. The number of carbonyl (C=O) groups excluding carboxylic acids is 1. The predicted molar refractivity (Wildman–Crippen MR) is 128 cm³/mol. The third-order valence-electron chi connectivity index (χ3n) is 7.36. The van der Waals surface area contributed by atoms with Crippen molar-refractivity contribution in [2.45, 2.75) is 44.4 Å². The summed E-state index contributed by atoms with van der Waals surface area (Å²) in [5, 5.41) is 1.19. The van der Waals surface area contributed by atoms with Crippen molar-refractivity contribution in [2.75, 3.05) is 26.3 Å². The van der Waals surface area contributed by atoms with Crippen molar-refractivity contribution < 1.29 is 9.53 Å². The van der Waals surface area contributed by atoms with Crippen molar-refractivity contribution >= 4 is 16.8 Å². The number of amides is 1. The van der Waals surface area contributed by atoms with Gasteiger partial charge >= 0.3 is 0 Å². The van der Waals surface area contributed by atoms with Gasteiger partial charge in [0.05, 0.1) is 10.9 Å². The molecule has 1 aromatic heterocycles. The minimum absolute atomic E-state index is 0.303. The molecule has 0 aliphatic carbocycles. The molecule has 32 heavy (non-hydrogen) atoms. The number of hydrogen-bond donors (Lipinski definition) is 0. The van der Waals surface area contributed by atoms with E-state index in [1.54, 1.807) is 0 Å². The fourth-order valence-corrected chi connectivity index (χ4v) is 5.52. The van der Waals surface area contributed by atoms with Crippen molar-refractivity contribution in [1.82, 2.24) is 9.88 Å². The maximum absolute atomic E-state index is 14.0. The fraction of sp³-hybridized carbons (Fsp3) is 0.429. The van der Waals surface area contributed by atoms with Gasteiger partial charge in [-0.1, -0.05) is 42.0 Å². The molecule has 0 saturated carbocycles. The molecule has 0 bridgehead atoms. The average molecular weight is 429 g/mol. The highest BCUT2D eigenvalue weighted by molar-refractivity contribution is 5.88. The number of fused-ring (bicyclic) bond motifs is 1. The molecule has 2 aromatic carbocycles. The minimum Gasteiger partial charge on any atom is -0.381 e. The van der Waals surface area contributed by atoms with E-state index in [4.69, 9.17) is 4.74 Å². The molecular weight excluding hydrogens is 396 g/mol. The summed E-state index contributed by atoms with van der Waals surface area (Å²) in [4.78, 5) is 20.6. The topological polar surface area (TPSA) is 42.4 Å². The molecular formula is C28H32N2O2. The highest BCUT2D eigenvalue weighted by Crippen LogP contribution is 2.38. The maximum atomic E-state index is 14.0. The number of rotatable bonds is 4. The molecule has 1 amide bonds. The molecule has 0 spiro atoms. The Kier molecular flexibility index (Phi) is 5.97. The van der Waals surface area contributed by atoms with Gasteiger partial charge in [-0.3, -0.25) is 9.78 Å². The van der Waals surface area contributed by atoms with Crippen LogP contribution < -0.4 is 0 Å². The Balaban J connectivity index is 1.35. The summed E-state index contributed by atoms with van der Waals surface area (Å²) in [7, 11) is 0. The van der Waals surface area contributed by atoms with E-state index in [9.17, 15) is 4.79 Å². The standard InChI is InChI=1S/C28H32N2O2/c1-21-6-9-25(10-7-21)28(12-16-32-17-13-28)27(31)30-15-3-4-23(20-30)18-22-8-11-26-24(19-22)5-2-14-29-26/h2,5-11,14,19,23H,3-4,12-13,15-18,20H2,1H3. The number of aromatic nitrogens is 1. The molecule has 2 fully saturated rings. The molecule has 2 aliphatic heterocycles. The first-order chi connectivity index (χ1) is 15.6. The summed E-state index contributed by atoms with van der Waals surface area (Å²) in [5.74, 6) is 0.800. The van der Waals surface area contributed by atoms with Crippen molar-refractivity contribution in [3.8, 4) is 0 Å². The number of aryl methyl sites for hydroxylation is 1. The van der Waals surface area contributed by atoms with Crippen LogP contribution in [0.3, 0.4) is 0 Å². The van der Waals surface area contributed by atoms with Crippen molar-refractivity contribution in [2.24, 2.45) is 5.92 Å². The molecule has 166 valence electrons. The summed E-state index contributed by atoms with van der Waals surface area (Å²) in [6.45, 7) is 5.12. The lowest BCUT2D eigenvalue weighted by Crippen LogP contribution is -2.52. The Morgan fingerprint density at radius 2 is 1.94 bits per heavy atom. The number of ether oxygens (including phenoxy) is 1. The largest absolute Gasteiger partial charge is 0.381 e. The van der Waals surface area contributed by atoms with Crippen LogP contribution in [0.15, 0.2) is 60.8 Å². The van der Waals surface area contributed by atoms with Crippen molar-refractivity contribution in [3.63, 3.8) is 0 Å². The Hall–Kier alpha value is -2.72. The van der Waals surface area contributed by atoms with Gasteiger partial charge in [-0.15, -0.1) is 0 Å². The van der Waals surface area contributed by atoms with Crippen LogP contribution in [0.1, 0.15) is 42.4 Å². The maximum Gasteiger partial charge on any atom is 0.233 e. The van der Waals surface area contributed by atoms with E-state index in [1.165, 1.54) is 22.9 Å². The Bertz CT molecular complexity index is 1090. The molecule has 0 N–H and O–H groups in total. The van der Waals surface area contributed by atoms with E-state index in [2.05, 4.69) is 65.3 Å². The van der Waals surface area contributed by atoms with E-state index in [0.717, 1.165) is 49.9 Å². The van der Waals surface area contributed by atoms with Gasteiger partial charge in [0.2, 0.25) is 5.91 Å². The number of hydrogen-bond acceptors (Lipinski definition) is 3. The molecule has 0 radical (unpaired) electrons. The second-order valence-electron chi connectivity index (χ2n) is 9.55. The summed E-state index contributed by atoms with van der Waals surface area (Å²) >= 11 is 0. The number of nitrogens with zero attached hydrogens (tertiary/aromatic N) is 2. The number of pyridine rings is 1. The lowest BCUT2D eigenvalue weighted by atomic mass is 9.72. The molecule has 3 heterocycles. The van der Waals surface area contributed by atoms with Gasteiger partial charge in [-0.2, -0.15) is 0 Å². The molecule has 4 nitrogen and oxygen atoms in total. The molecule has 1 unspecified atom stereocenters. The van der Waals surface area contributed by atoms with Crippen LogP contribution in [0.5, 0.6) is 0 Å². The Labute approximate surface area is 190 Å². The minimum atomic E-state index is -0.442. The number of benzene rings is 2. The van der Waals surface area contributed by atoms with Gasteiger partial charge < -0.3 is 9.64 Å². The Morgan fingerprint density at radius 1 is 1.12 bits per heavy atom. The molecule has 5 rings (SSSR count). The molecule has 4 heteroatoms. The number of likely N-dealkylation sites (tertiary alicyclic amines) is 1. The van der Waals surface area contributed by atoms with Crippen LogP contribution in [0.4, 0.5) is 0 Å². The molecule has 3 aromatic rings. The second kappa shape index (κ2) is 9.03. The fourth-order valence-electron chi connectivity index (χ4n) is 5.52. The van der Waals surface area contributed by atoms with E-state index in [1.807, 2.05) is 12.3 Å². The first-order valence-electron chi connectivity index (χ1n) is 11.9. The number of piperidine rings is 1. The molecule has 2 aliphatic rings. The summed E-state index contributed by atoms with van der Waals surface area (Å²) in [5.41, 5.74) is 4.32. The highest BCUT2D eigenvalue weighted by atomic mass is 16.5. The van der Waals surface area contributed by atoms with Gasteiger partial charge in [0.1, 0.15) is 0 Å². The lowest BCUT2D eigenvalue weighted by molar-refractivity contribution is -0.143. The zero-order valence-corrected chi connectivity index (χ0v) is 18.9. The first-order valence-corrected chi connectivity index (χ1v) is 11.9. The van der Waals surface area contributed by atoms with E-state index < -0.39 is 5.41 Å².